The highest BCUT2D eigenvalue weighted by atomic mass is 35.5. The first kappa shape index (κ1) is 21.9. The molecule has 2 aromatic carbocycles. The van der Waals surface area contributed by atoms with E-state index in [1.165, 1.54) is 11.0 Å². The van der Waals surface area contributed by atoms with Gasteiger partial charge >= 0.3 is 0 Å². The summed E-state index contributed by atoms with van der Waals surface area (Å²) < 4.78 is 14.2. The maximum Gasteiger partial charge on any atom is 0.242 e. The summed E-state index contributed by atoms with van der Waals surface area (Å²) >= 11 is 6.18. The maximum atomic E-state index is 14.2. The van der Waals surface area contributed by atoms with Gasteiger partial charge in [0.2, 0.25) is 11.8 Å². The lowest BCUT2D eigenvalue weighted by Crippen LogP contribution is -2.48. The zero-order chi connectivity index (χ0) is 20.5. The van der Waals surface area contributed by atoms with Gasteiger partial charge in [0.15, 0.2) is 0 Å². The van der Waals surface area contributed by atoms with Crippen molar-refractivity contribution in [1.29, 1.82) is 0 Å². The third kappa shape index (κ3) is 6.06. The van der Waals surface area contributed by atoms with E-state index >= 15 is 0 Å². The average molecular weight is 405 g/mol. The van der Waals surface area contributed by atoms with Gasteiger partial charge in [0, 0.05) is 23.7 Å². The van der Waals surface area contributed by atoms with Gasteiger partial charge in [-0.1, -0.05) is 61.3 Å². The fourth-order valence-electron chi connectivity index (χ4n) is 2.84. The Balaban J connectivity index is 2.22. The molecule has 0 aromatic heterocycles. The Bertz CT molecular complexity index is 813. The van der Waals surface area contributed by atoms with E-state index in [0.717, 1.165) is 12.8 Å². The third-order valence-corrected chi connectivity index (χ3v) is 4.96. The lowest BCUT2D eigenvalue weighted by Gasteiger charge is -2.29. The van der Waals surface area contributed by atoms with Crippen molar-refractivity contribution in [2.24, 2.45) is 0 Å². The van der Waals surface area contributed by atoms with Gasteiger partial charge in [0.1, 0.15) is 11.9 Å². The molecule has 6 heteroatoms. The van der Waals surface area contributed by atoms with Gasteiger partial charge in [0.25, 0.3) is 0 Å². The summed E-state index contributed by atoms with van der Waals surface area (Å²) in [6, 6.07) is 12.6. The summed E-state index contributed by atoms with van der Waals surface area (Å²) in [4.78, 5) is 27.0. The van der Waals surface area contributed by atoms with Gasteiger partial charge in [-0.2, -0.15) is 0 Å². The number of benzene rings is 2. The normalized spacial score (nSPS) is 11.7. The lowest BCUT2D eigenvalue weighted by molar-refractivity contribution is -0.140. The number of hydrogen-bond donors (Lipinski definition) is 1. The summed E-state index contributed by atoms with van der Waals surface area (Å²) in [5, 5.41) is 3.33. The van der Waals surface area contributed by atoms with Crippen molar-refractivity contribution in [3.8, 4) is 0 Å². The van der Waals surface area contributed by atoms with Crippen molar-refractivity contribution in [2.45, 2.75) is 45.7 Å². The van der Waals surface area contributed by atoms with E-state index in [-0.39, 0.29) is 24.8 Å². The van der Waals surface area contributed by atoms with E-state index in [2.05, 4.69) is 5.32 Å². The molecule has 28 heavy (non-hydrogen) atoms. The van der Waals surface area contributed by atoms with Gasteiger partial charge in [-0.15, -0.1) is 0 Å². The third-order valence-electron chi connectivity index (χ3n) is 4.59. The number of nitrogens with zero attached hydrogens (tertiary/aromatic N) is 1. The SMILES string of the molecule is CCCCNC(=O)[C@H](C)N(Cc1ccccc1F)C(=O)Cc1ccccc1Cl. The number of unbranched alkanes of at least 4 members (excludes halogenated alkanes) is 1. The van der Waals surface area contributed by atoms with Crippen molar-refractivity contribution in [3.63, 3.8) is 0 Å². The Hall–Kier alpha value is -2.40. The molecular formula is C22H26ClFN2O2. The summed E-state index contributed by atoms with van der Waals surface area (Å²) in [6.45, 7) is 4.25. The molecule has 0 heterocycles. The topological polar surface area (TPSA) is 49.4 Å². The van der Waals surface area contributed by atoms with Crippen LogP contribution in [0.5, 0.6) is 0 Å². The summed E-state index contributed by atoms with van der Waals surface area (Å²) in [5.74, 6) is -0.941. The van der Waals surface area contributed by atoms with Crippen LogP contribution in [0.2, 0.25) is 5.02 Å². The van der Waals surface area contributed by atoms with Gasteiger partial charge in [-0.25, -0.2) is 4.39 Å². The Morgan fingerprint density at radius 3 is 2.39 bits per heavy atom. The molecule has 0 radical (unpaired) electrons. The van der Waals surface area contributed by atoms with Crippen LogP contribution in [0.25, 0.3) is 0 Å². The molecule has 0 aliphatic rings. The van der Waals surface area contributed by atoms with Crippen molar-refractivity contribution >= 4 is 23.4 Å². The van der Waals surface area contributed by atoms with E-state index in [4.69, 9.17) is 11.6 Å². The van der Waals surface area contributed by atoms with Crippen molar-refractivity contribution < 1.29 is 14.0 Å². The average Bonchev–Trinajstić information content (AvgIpc) is 2.68. The number of halogens is 2. The highest BCUT2D eigenvalue weighted by Gasteiger charge is 2.27. The molecular weight excluding hydrogens is 379 g/mol. The van der Waals surface area contributed by atoms with E-state index < -0.39 is 11.9 Å². The second-order valence-electron chi connectivity index (χ2n) is 6.70. The Morgan fingerprint density at radius 1 is 1.11 bits per heavy atom. The van der Waals surface area contributed by atoms with Crippen LogP contribution in [0.15, 0.2) is 48.5 Å². The van der Waals surface area contributed by atoms with Crippen LogP contribution >= 0.6 is 11.6 Å². The summed E-state index contributed by atoms with van der Waals surface area (Å²) in [7, 11) is 0. The van der Waals surface area contributed by atoms with Gasteiger partial charge in [0.05, 0.1) is 6.42 Å². The predicted octanol–water partition coefficient (Wildman–Crippen LogP) is 4.36. The number of nitrogens with one attached hydrogen (secondary N) is 1. The Labute approximate surface area is 170 Å². The number of rotatable bonds is 9. The number of hydrogen-bond acceptors (Lipinski definition) is 2. The fourth-order valence-corrected chi connectivity index (χ4v) is 3.04. The predicted molar refractivity (Wildman–Crippen MR) is 109 cm³/mol. The summed E-state index contributed by atoms with van der Waals surface area (Å²) in [6.07, 6.45) is 1.86. The van der Waals surface area contributed by atoms with Crippen molar-refractivity contribution in [2.75, 3.05) is 6.54 Å². The minimum absolute atomic E-state index is 0.0122. The molecule has 0 bridgehead atoms. The molecule has 2 aromatic rings. The highest BCUT2D eigenvalue weighted by Crippen LogP contribution is 2.19. The van der Waals surface area contributed by atoms with E-state index in [1.54, 1.807) is 49.4 Å². The highest BCUT2D eigenvalue weighted by molar-refractivity contribution is 6.31. The number of carbonyl (C=O) groups is 2. The smallest absolute Gasteiger partial charge is 0.242 e. The fraction of sp³-hybridized carbons (Fsp3) is 0.364. The van der Waals surface area contributed by atoms with E-state index in [1.807, 2.05) is 6.92 Å². The first-order chi connectivity index (χ1) is 13.4. The molecule has 0 unspecified atom stereocenters. The molecule has 0 spiro atoms. The molecule has 0 saturated heterocycles. The molecule has 4 nitrogen and oxygen atoms in total. The maximum absolute atomic E-state index is 14.2. The first-order valence-electron chi connectivity index (χ1n) is 9.48. The Kier molecular flexibility index (Phi) is 8.45. The lowest BCUT2D eigenvalue weighted by atomic mass is 10.1. The molecule has 0 fully saturated rings. The van der Waals surface area contributed by atoms with Crippen LogP contribution in [-0.4, -0.2) is 29.3 Å². The molecule has 1 atom stereocenters. The second kappa shape index (κ2) is 10.8. The van der Waals surface area contributed by atoms with Crippen molar-refractivity contribution in [1.82, 2.24) is 10.2 Å². The van der Waals surface area contributed by atoms with Crippen molar-refractivity contribution in [3.05, 3.63) is 70.5 Å². The molecule has 2 amide bonds. The standard InChI is InChI=1S/C22H26ClFN2O2/c1-3-4-13-25-22(28)16(2)26(15-18-10-6-8-12-20(18)24)21(27)14-17-9-5-7-11-19(17)23/h5-12,16H,3-4,13-15H2,1-2H3,(H,25,28)/t16-/m0/s1. The molecule has 2 rings (SSSR count). The molecule has 0 aliphatic carbocycles. The van der Waals surface area contributed by atoms with Crippen LogP contribution in [0.3, 0.4) is 0 Å². The molecule has 1 N–H and O–H groups in total. The minimum atomic E-state index is -0.730. The monoisotopic (exact) mass is 404 g/mol. The largest absolute Gasteiger partial charge is 0.354 e. The van der Waals surface area contributed by atoms with Gasteiger partial charge in [-0.05, 0) is 31.0 Å². The van der Waals surface area contributed by atoms with Crippen LogP contribution in [0.1, 0.15) is 37.8 Å². The first-order valence-corrected chi connectivity index (χ1v) is 9.85. The molecule has 0 aliphatic heterocycles. The van der Waals surface area contributed by atoms with Crippen LogP contribution < -0.4 is 5.32 Å². The van der Waals surface area contributed by atoms with E-state index in [9.17, 15) is 14.0 Å². The van der Waals surface area contributed by atoms with Gasteiger partial charge in [-0.3, -0.25) is 9.59 Å². The minimum Gasteiger partial charge on any atom is -0.354 e. The zero-order valence-corrected chi connectivity index (χ0v) is 17.0. The van der Waals surface area contributed by atoms with Crippen LogP contribution in [-0.2, 0) is 22.6 Å². The van der Waals surface area contributed by atoms with E-state index in [0.29, 0.717) is 22.7 Å². The molecule has 150 valence electrons. The second-order valence-corrected chi connectivity index (χ2v) is 7.11. The van der Waals surface area contributed by atoms with Gasteiger partial charge < -0.3 is 10.2 Å². The molecule has 0 saturated carbocycles. The van der Waals surface area contributed by atoms with Crippen LogP contribution in [0.4, 0.5) is 4.39 Å². The quantitative estimate of drug-likeness (QED) is 0.631. The van der Waals surface area contributed by atoms with Crippen LogP contribution in [0, 0.1) is 5.82 Å². The number of carbonyl (C=O) groups excluding carboxylic acids is 2. The number of amides is 2. The zero-order valence-electron chi connectivity index (χ0n) is 16.3. The summed E-state index contributed by atoms with van der Waals surface area (Å²) in [5.41, 5.74) is 1.04. The Morgan fingerprint density at radius 2 is 1.75 bits per heavy atom.